The van der Waals surface area contributed by atoms with Crippen LogP contribution in [-0.4, -0.2) is 24.3 Å². The van der Waals surface area contributed by atoms with Crippen LogP contribution < -0.4 is 4.74 Å². The minimum absolute atomic E-state index is 0.0814. The number of fused-ring (bicyclic) bond motifs is 5. The Hall–Kier alpha value is -2.23. The molecule has 0 bridgehead atoms. The number of esters is 1. The summed E-state index contributed by atoms with van der Waals surface area (Å²) in [6.07, 6.45) is 17.0. The number of carbonyl (C=O) groups excluding carboxylic acids is 1. The van der Waals surface area contributed by atoms with Crippen molar-refractivity contribution in [1.82, 2.24) is 0 Å². The Morgan fingerprint density at radius 3 is 2.36 bits per heavy atom. The van der Waals surface area contributed by atoms with Crippen molar-refractivity contribution < 1.29 is 19.4 Å². The van der Waals surface area contributed by atoms with E-state index in [4.69, 9.17) is 9.47 Å². The van der Waals surface area contributed by atoms with Crippen LogP contribution in [0.25, 0.3) is 6.08 Å². The first kappa shape index (κ1) is 34.1. The molecule has 250 valence electrons. The fourth-order valence-electron chi connectivity index (χ4n) is 11.1. The summed E-state index contributed by atoms with van der Waals surface area (Å²) < 4.78 is 11.4. The van der Waals surface area contributed by atoms with Gasteiger partial charge >= 0.3 is 5.97 Å². The highest BCUT2D eigenvalue weighted by Crippen LogP contribution is 2.73. The van der Waals surface area contributed by atoms with E-state index in [-0.39, 0.29) is 28.7 Å². The zero-order valence-electron chi connectivity index (χ0n) is 30.0. The Bertz CT molecular complexity index is 1310. The quantitative estimate of drug-likeness (QED) is 0.170. The van der Waals surface area contributed by atoms with E-state index in [0.717, 1.165) is 48.0 Å². The summed E-state index contributed by atoms with van der Waals surface area (Å²) in [6.45, 7) is 22.3. The van der Waals surface area contributed by atoms with Crippen LogP contribution in [0.15, 0.2) is 35.9 Å². The lowest BCUT2D eigenvalue weighted by Gasteiger charge is -2.64. The molecule has 9 atom stereocenters. The molecule has 4 aliphatic rings. The van der Waals surface area contributed by atoms with Gasteiger partial charge in [-0.25, -0.2) is 4.79 Å². The second-order valence-electron chi connectivity index (χ2n) is 17.2. The summed E-state index contributed by atoms with van der Waals surface area (Å²) in [7, 11) is 1.52. The lowest BCUT2D eigenvalue weighted by Crippen LogP contribution is -2.58. The standard InChI is InChI=1S/C41H62O4/c1-26(2)27(3)11-12-28(4)30-19-23-41(9)32-15-17-35-38(5,6)36(21-22-39(35,7)31(32)20-24-40(30,41)8)45-37(43)18-14-29-13-16-33(42)34(25-29)44-10/h13-14,16-18,25-28,30-32,36,42H,11-12,15,19-24H2,1-10H3/b18-14+/t27-,28-,30-,31+,32-,36+,39-,40-,41+/m1/s1. The van der Waals surface area contributed by atoms with Crippen molar-refractivity contribution in [1.29, 1.82) is 0 Å². The monoisotopic (exact) mass is 618 g/mol. The average molecular weight is 619 g/mol. The Balaban J connectivity index is 1.30. The number of allylic oxidation sites excluding steroid dienone is 1. The smallest absolute Gasteiger partial charge is 0.331 e. The molecule has 45 heavy (non-hydrogen) atoms. The minimum Gasteiger partial charge on any atom is -0.504 e. The van der Waals surface area contributed by atoms with Gasteiger partial charge < -0.3 is 14.6 Å². The maximum absolute atomic E-state index is 13.1. The molecule has 1 N–H and O–H groups in total. The van der Waals surface area contributed by atoms with Crippen molar-refractivity contribution in [3.63, 3.8) is 0 Å². The Labute approximate surface area is 274 Å². The maximum Gasteiger partial charge on any atom is 0.331 e. The molecular formula is C41H62O4. The molecule has 0 radical (unpaired) electrons. The van der Waals surface area contributed by atoms with Gasteiger partial charge in [0, 0.05) is 11.5 Å². The van der Waals surface area contributed by atoms with Gasteiger partial charge in [-0.15, -0.1) is 0 Å². The fourth-order valence-corrected chi connectivity index (χ4v) is 11.1. The van der Waals surface area contributed by atoms with Crippen LogP contribution in [0.5, 0.6) is 11.5 Å². The van der Waals surface area contributed by atoms with E-state index in [0.29, 0.717) is 22.5 Å². The second-order valence-corrected chi connectivity index (χ2v) is 17.2. The van der Waals surface area contributed by atoms with E-state index in [9.17, 15) is 9.90 Å². The first-order valence-corrected chi connectivity index (χ1v) is 18.0. The van der Waals surface area contributed by atoms with Crippen LogP contribution >= 0.6 is 0 Å². The fraction of sp³-hybridized carbons (Fsp3) is 0.732. The molecule has 3 saturated carbocycles. The molecule has 0 aromatic heterocycles. The van der Waals surface area contributed by atoms with Gasteiger partial charge in [-0.2, -0.15) is 0 Å². The number of ether oxygens (including phenoxy) is 2. The summed E-state index contributed by atoms with van der Waals surface area (Å²) >= 11 is 0. The van der Waals surface area contributed by atoms with Crippen molar-refractivity contribution in [2.24, 2.45) is 57.2 Å². The predicted molar refractivity (Wildman–Crippen MR) is 185 cm³/mol. The van der Waals surface area contributed by atoms with E-state index >= 15 is 0 Å². The third kappa shape index (κ3) is 5.80. The third-order valence-corrected chi connectivity index (χ3v) is 14.6. The summed E-state index contributed by atoms with van der Waals surface area (Å²) in [5, 5.41) is 9.88. The highest BCUT2D eigenvalue weighted by molar-refractivity contribution is 5.87. The molecule has 0 heterocycles. The number of methoxy groups -OCH3 is 1. The largest absolute Gasteiger partial charge is 0.504 e. The first-order valence-electron chi connectivity index (χ1n) is 18.0. The van der Waals surface area contributed by atoms with Gasteiger partial charge in [-0.05, 0) is 120 Å². The van der Waals surface area contributed by atoms with Gasteiger partial charge in [0.05, 0.1) is 7.11 Å². The van der Waals surface area contributed by atoms with Crippen molar-refractivity contribution in [3.8, 4) is 11.5 Å². The minimum atomic E-state index is -0.312. The van der Waals surface area contributed by atoms with Gasteiger partial charge in [0.2, 0.25) is 0 Å². The van der Waals surface area contributed by atoms with E-state index < -0.39 is 0 Å². The molecule has 0 unspecified atom stereocenters. The van der Waals surface area contributed by atoms with Crippen molar-refractivity contribution in [2.45, 2.75) is 126 Å². The molecule has 0 saturated heterocycles. The predicted octanol–water partition coefficient (Wildman–Crippen LogP) is 10.6. The van der Waals surface area contributed by atoms with Gasteiger partial charge in [0.25, 0.3) is 0 Å². The summed E-state index contributed by atoms with van der Waals surface area (Å²) in [6, 6.07) is 5.05. The molecule has 1 aromatic rings. The molecular weight excluding hydrogens is 556 g/mol. The highest BCUT2D eigenvalue weighted by atomic mass is 16.5. The second kappa shape index (κ2) is 12.4. The Morgan fingerprint density at radius 2 is 1.67 bits per heavy atom. The zero-order valence-corrected chi connectivity index (χ0v) is 30.0. The maximum atomic E-state index is 13.1. The van der Waals surface area contributed by atoms with Crippen molar-refractivity contribution in [2.75, 3.05) is 7.11 Å². The van der Waals surface area contributed by atoms with Gasteiger partial charge in [0.1, 0.15) is 6.10 Å². The molecule has 5 rings (SSSR count). The van der Waals surface area contributed by atoms with E-state index in [1.54, 1.807) is 24.3 Å². The van der Waals surface area contributed by atoms with Crippen LogP contribution in [0.4, 0.5) is 0 Å². The zero-order chi connectivity index (χ0) is 32.9. The summed E-state index contributed by atoms with van der Waals surface area (Å²) in [5.74, 6) is 4.81. The normalized spacial score (nSPS) is 36.9. The number of carbonyl (C=O) groups is 1. The van der Waals surface area contributed by atoms with Crippen LogP contribution in [0.1, 0.15) is 126 Å². The number of aromatic hydroxyl groups is 1. The van der Waals surface area contributed by atoms with Crippen LogP contribution in [0.2, 0.25) is 0 Å². The molecule has 4 nitrogen and oxygen atoms in total. The molecule has 0 spiro atoms. The van der Waals surface area contributed by atoms with Gasteiger partial charge in [0.15, 0.2) is 11.5 Å². The number of phenolic OH excluding ortho intramolecular Hbond substituents is 1. The van der Waals surface area contributed by atoms with E-state index in [1.165, 1.54) is 63.7 Å². The van der Waals surface area contributed by atoms with Crippen LogP contribution in [0.3, 0.4) is 0 Å². The van der Waals surface area contributed by atoms with Crippen molar-refractivity contribution >= 4 is 12.0 Å². The van der Waals surface area contributed by atoms with Crippen LogP contribution in [0, 0.1) is 57.2 Å². The van der Waals surface area contributed by atoms with E-state index in [1.807, 2.05) is 0 Å². The van der Waals surface area contributed by atoms with E-state index in [2.05, 4.69) is 68.4 Å². The van der Waals surface area contributed by atoms with Crippen LogP contribution in [-0.2, 0) is 9.53 Å². The molecule has 3 fully saturated rings. The first-order chi connectivity index (χ1) is 21.1. The molecule has 0 amide bonds. The molecule has 4 heteroatoms. The third-order valence-electron chi connectivity index (χ3n) is 14.6. The average Bonchev–Trinajstić information content (AvgIpc) is 3.27. The molecule has 1 aromatic carbocycles. The van der Waals surface area contributed by atoms with Crippen molar-refractivity contribution in [3.05, 3.63) is 41.5 Å². The number of hydrogen-bond acceptors (Lipinski definition) is 4. The number of phenols is 1. The lowest BCUT2D eigenvalue weighted by atomic mass is 9.40. The summed E-state index contributed by atoms with van der Waals surface area (Å²) in [5.41, 5.74) is 3.08. The lowest BCUT2D eigenvalue weighted by molar-refractivity contribution is -0.156. The Morgan fingerprint density at radius 1 is 0.956 bits per heavy atom. The molecule has 0 aliphatic heterocycles. The highest BCUT2D eigenvalue weighted by Gasteiger charge is 2.66. The number of benzene rings is 1. The topological polar surface area (TPSA) is 55.8 Å². The molecule has 4 aliphatic carbocycles. The van der Waals surface area contributed by atoms with Gasteiger partial charge in [-0.3, -0.25) is 0 Å². The number of hydrogen-bond donors (Lipinski definition) is 1. The summed E-state index contributed by atoms with van der Waals surface area (Å²) in [4.78, 5) is 13.1. The Kier molecular flexibility index (Phi) is 9.41. The SMILES string of the molecule is COc1cc(/C=C/C(=O)O[C@H]2CC[C@@]3(C)C(=CC[C@@H]4[C@@H]3CC[C@]3(C)[C@@H]([C@H](C)CC[C@@H](C)C(C)C)CC[C@@]43C)C2(C)C)ccc1O. The number of rotatable bonds is 9. The van der Waals surface area contributed by atoms with Gasteiger partial charge in [-0.1, -0.05) is 92.9 Å².